The van der Waals surface area contributed by atoms with E-state index in [0.29, 0.717) is 0 Å². The van der Waals surface area contributed by atoms with Gasteiger partial charge in [-0.2, -0.15) is 0 Å². The van der Waals surface area contributed by atoms with Gasteiger partial charge in [0.15, 0.2) is 5.78 Å². The molecule has 2 heterocycles. The van der Waals surface area contributed by atoms with E-state index in [1.54, 1.807) is 7.11 Å². The maximum atomic E-state index is 12.7. The Bertz CT molecular complexity index is 597. The summed E-state index contributed by atoms with van der Waals surface area (Å²) in [6, 6.07) is 7.80. The first-order valence-electron chi connectivity index (χ1n) is 7.46. The van der Waals surface area contributed by atoms with E-state index in [4.69, 9.17) is 9.47 Å². The van der Waals surface area contributed by atoms with Gasteiger partial charge in [0.1, 0.15) is 11.4 Å². The number of hydrogen-bond acceptors (Lipinski definition) is 3. The van der Waals surface area contributed by atoms with E-state index in [-0.39, 0.29) is 17.3 Å². The minimum absolute atomic E-state index is 0.147. The van der Waals surface area contributed by atoms with Gasteiger partial charge in [-0.25, -0.2) is 0 Å². The van der Waals surface area contributed by atoms with E-state index >= 15 is 0 Å². The minimum Gasteiger partial charge on any atom is -0.497 e. The van der Waals surface area contributed by atoms with Gasteiger partial charge in [0.05, 0.1) is 12.7 Å². The van der Waals surface area contributed by atoms with Crippen LogP contribution in [-0.2, 0) is 9.53 Å². The van der Waals surface area contributed by atoms with Gasteiger partial charge in [-0.3, -0.25) is 4.79 Å². The Morgan fingerprint density at radius 2 is 1.90 bits per heavy atom. The molecule has 0 radical (unpaired) electrons. The van der Waals surface area contributed by atoms with Gasteiger partial charge in [-0.15, -0.1) is 0 Å². The van der Waals surface area contributed by atoms with Crippen LogP contribution < -0.4 is 4.74 Å². The van der Waals surface area contributed by atoms with Crippen LogP contribution in [-0.4, -0.2) is 24.1 Å². The molecule has 2 atom stereocenters. The number of fused-ring (bicyclic) bond motifs is 3. The van der Waals surface area contributed by atoms with Crippen molar-refractivity contribution in [3.8, 4) is 5.75 Å². The van der Waals surface area contributed by atoms with E-state index in [0.717, 1.165) is 29.7 Å². The molecule has 112 valence electrons. The molecular formula is C18H22O3. The van der Waals surface area contributed by atoms with Gasteiger partial charge in [0.2, 0.25) is 0 Å². The molecule has 4 rings (SSSR count). The maximum Gasteiger partial charge on any atom is 0.190 e. The number of carbonyl (C=O) groups is 1. The summed E-state index contributed by atoms with van der Waals surface area (Å²) in [6.07, 6.45) is 3.85. The van der Waals surface area contributed by atoms with Crippen molar-refractivity contribution in [3.63, 3.8) is 0 Å². The van der Waals surface area contributed by atoms with Crippen molar-refractivity contribution in [2.45, 2.75) is 44.8 Å². The second-order valence-corrected chi connectivity index (χ2v) is 6.73. The summed E-state index contributed by atoms with van der Waals surface area (Å²) in [5.41, 5.74) is 1.01. The van der Waals surface area contributed by atoms with Gasteiger partial charge in [-0.1, -0.05) is 12.1 Å². The average Bonchev–Trinajstić information content (AvgIpc) is 2.43. The molecule has 2 bridgehead atoms. The SMILES string of the molecule is COc1ccc(/C=C2\C(=O)[C@]3(C)CC[C@H]2C(C)(C)O3)cc1. The Hall–Kier alpha value is -1.61. The van der Waals surface area contributed by atoms with Crippen LogP contribution in [0.2, 0.25) is 0 Å². The number of ketones is 1. The predicted octanol–water partition coefficient (Wildman–Crippen LogP) is 3.63. The van der Waals surface area contributed by atoms with Gasteiger partial charge in [0, 0.05) is 11.5 Å². The molecular weight excluding hydrogens is 264 g/mol. The number of Topliss-reactive ketones (excluding diaryl/α,β-unsaturated/α-hetero) is 1. The normalized spacial score (nSPS) is 32.5. The van der Waals surface area contributed by atoms with Crippen molar-refractivity contribution in [1.29, 1.82) is 0 Å². The Morgan fingerprint density at radius 3 is 2.48 bits per heavy atom. The lowest BCUT2D eigenvalue weighted by Crippen LogP contribution is -2.60. The van der Waals surface area contributed by atoms with Crippen LogP contribution in [0.15, 0.2) is 29.8 Å². The van der Waals surface area contributed by atoms with Crippen molar-refractivity contribution >= 4 is 11.9 Å². The van der Waals surface area contributed by atoms with Crippen LogP contribution in [0.5, 0.6) is 5.75 Å². The molecule has 1 aromatic carbocycles. The highest BCUT2D eigenvalue weighted by molar-refractivity contribution is 6.07. The van der Waals surface area contributed by atoms with E-state index in [2.05, 4.69) is 13.8 Å². The predicted molar refractivity (Wildman–Crippen MR) is 82.3 cm³/mol. The van der Waals surface area contributed by atoms with Gasteiger partial charge >= 0.3 is 0 Å². The zero-order valence-corrected chi connectivity index (χ0v) is 13.1. The number of methoxy groups -OCH3 is 1. The molecule has 3 nitrogen and oxygen atoms in total. The van der Waals surface area contributed by atoms with E-state index in [1.165, 1.54) is 0 Å². The van der Waals surface area contributed by atoms with E-state index in [9.17, 15) is 4.79 Å². The fourth-order valence-corrected chi connectivity index (χ4v) is 3.67. The number of carbonyl (C=O) groups excluding carboxylic acids is 1. The molecule has 3 aliphatic rings. The fraction of sp³-hybridized carbons (Fsp3) is 0.500. The molecule has 1 aliphatic carbocycles. The van der Waals surface area contributed by atoms with Crippen LogP contribution in [0.25, 0.3) is 6.08 Å². The summed E-state index contributed by atoms with van der Waals surface area (Å²) in [4.78, 5) is 12.7. The lowest BCUT2D eigenvalue weighted by molar-refractivity contribution is -0.206. The van der Waals surface area contributed by atoms with Crippen molar-refractivity contribution in [2.24, 2.45) is 5.92 Å². The second-order valence-electron chi connectivity index (χ2n) is 6.73. The molecule has 1 saturated carbocycles. The molecule has 0 spiro atoms. The zero-order valence-electron chi connectivity index (χ0n) is 13.1. The highest BCUT2D eigenvalue weighted by Crippen LogP contribution is 2.50. The van der Waals surface area contributed by atoms with Crippen LogP contribution in [0.1, 0.15) is 39.2 Å². The Kier molecular flexibility index (Phi) is 3.21. The Balaban J connectivity index is 1.99. The number of hydrogen-bond donors (Lipinski definition) is 0. The topological polar surface area (TPSA) is 35.5 Å². The monoisotopic (exact) mass is 286 g/mol. The number of ether oxygens (including phenoxy) is 2. The molecule has 2 aliphatic heterocycles. The molecule has 0 aromatic heterocycles. The molecule has 0 amide bonds. The summed E-state index contributed by atoms with van der Waals surface area (Å²) in [6.45, 7) is 6.10. The molecule has 1 aromatic rings. The van der Waals surface area contributed by atoms with Crippen molar-refractivity contribution in [3.05, 3.63) is 35.4 Å². The summed E-state index contributed by atoms with van der Waals surface area (Å²) in [5, 5.41) is 0. The highest BCUT2D eigenvalue weighted by atomic mass is 16.5. The lowest BCUT2D eigenvalue weighted by Gasteiger charge is -2.53. The zero-order chi connectivity index (χ0) is 15.3. The molecule has 2 saturated heterocycles. The third-order valence-electron chi connectivity index (χ3n) is 4.79. The Morgan fingerprint density at radius 1 is 1.24 bits per heavy atom. The van der Waals surface area contributed by atoms with Crippen LogP contribution in [0.4, 0.5) is 0 Å². The highest BCUT2D eigenvalue weighted by Gasteiger charge is 2.56. The van der Waals surface area contributed by atoms with Gasteiger partial charge in [0.25, 0.3) is 0 Å². The van der Waals surface area contributed by atoms with Crippen molar-refractivity contribution < 1.29 is 14.3 Å². The van der Waals surface area contributed by atoms with Gasteiger partial charge < -0.3 is 9.47 Å². The fourth-order valence-electron chi connectivity index (χ4n) is 3.67. The first-order valence-corrected chi connectivity index (χ1v) is 7.46. The molecule has 3 heteroatoms. The summed E-state index contributed by atoms with van der Waals surface area (Å²) < 4.78 is 11.2. The van der Waals surface area contributed by atoms with Crippen LogP contribution >= 0.6 is 0 Å². The second kappa shape index (κ2) is 4.70. The number of benzene rings is 1. The number of rotatable bonds is 2. The molecule has 3 fully saturated rings. The first kappa shape index (κ1) is 14.3. The van der Waals surface area contributed by atoms with Crippen LogP contribution in [0, 0.1) is 5.92 Å². The maximum absolute atomic E-state index is 12.7. The van der Waals surface area contributed by atoms with Crippen LogP contribution in [0.3, 0.4) is 0 Å². The third-order valence-corrected chi connectivity index (χ3v) is 4.79. The molecule has 0 unspecified atom stereocenters. The molecule has 0 N–H and O–H groups in total. The first-order chi connectivity index (χ1) is 9.86. The van der Waals surface area contributed by atoms with E-state index in [1.807, 2.05) is 37.3 Å². The standard InChI is InChI=1S/C18H22O3/c1-17(2)15-9-10-18(3,21-17)16(19)14(15)11-12-5-7-13(20-4)8-6-12/h5-8,11,15H,9-10H2,1-4H3/b14-11-/t15-,18+/m1/s1. The summed E-state index contributed by atoms with van der Waals surface area (Å²) >= 11 is 0. The van der Waals surface area contributed by atoms with E-state index < -0.39 is 5.60 Å². The lowest BCUT2D eigenvalue weighted by atomic mass is 9.65. The van der Waals surface area contributed by atoms with Gasteiger partial charge in [-0.05, 0) is 57.4 Å². The third kappa shape index (κ3) is 2.30. The van der Waals surface area contributed by atoms with Crippen molar-refractivity contribution in [1.82, 2.24) is 0 Å². The van der Waals surface area contributed by atoms with Crippen molar-refractivity contribution in [2.75, 3.05) is 7.11 Å². The smallest absolute Gasteiger partial charge is 0.190 e. The average molecular weight is 286 g/mol. The Labute approximate surface area is 125 Å². The molecule has 21 heavy (non-hydrogen) atoms. The quantitative estimate of drug-likeness (QED) is 0.779. The largest absolute Gasteiger partial charge is 0.497 e. The summed E-state index contributed by atoms with van der Waals surface area (Å²) in [5.74, 6) is 1.15. The minimum atomic E-state index is -0.656. The summed E-state index contributed by atoms with van der Waals surface area (Å²) in [7, 11) is 1.65.